The third-order valence-corrected chi connectivity index (χ3v) is 5.24. The highest BCUT2D eigenvalue weighted by atomic mass is 32.2. The van der Waals surface area contributed by atoms with Gasteiger partial charge >= 0.3 is 0 Å². The smallest absolute Gasteiger partial charge is 0.281 e. The molecule has 2 heterocycles. The lowest BCUT2D eigenvalue weighted by Crippen LogP contribution is -2.35. The molecule has 156 valence electrons. The summed E-state index contributed by atoms with van der Waals surface area (Å²) < 4.78 is 1.08. The highest BCUT2D eigenvalue weighted by Gasteiger charge is 2.16. The largest absolute Gasteiger partial charge is 0.308 e. The minimum Gasteiger partial charge on any atom is -0.308 e. The topological polar surface area (TPSA) is 122 Å². The Balaban J connectivity index is 1.61. The first-order valence-electron chi connectivity index (χ1n) is 9.34. The number of rotatable bonds is 6. The number of thioether (sulfide) groups is 1. The Labute approximate surface area is 180 Å². The van der Waals surface area contributed by atoms with Gasteiger partial charge in [-0.2, -0.15) is 9.77 Å². The van der Waals surface area contributed by atoms with Crippen LogP contribution in [0, 0.1) is 6.92 Å². The SMILES string of the molecule is Cc1cc(NC(=O)CSc2nc3ccccc3c(=O)n2NC(=O)c2ccccc2)n[nH]1. The molecule has 10 heteroatoms. The molecule has 0 aliphatic rings. The minimum atomic E-state index is -0.460. The number of nitrogens with zero attached hydrogens (tertiary/aromatic N) is 3. The van der Waals surface area contributed by atoms with Crippen LogP contribution in [0.25, 0.3) is 10.9 Å². The van der Waals surface area contributed by atoms with Crippen molar-refractivity contribution in [1.82, 2.24) is 19.9 Å². The monoisotopic (exact) mass is 434 g/mol. The van der Waals surface area contributed by atoms with Gasteiger partial charge in [0.25, 0.3) is 11.5 Å². The van der Waals surface area contributed by atoms with Crippen LogP contribution >= 0.6 is 11.8 Å². The maximum absolute atomic E-state index is 13.0. The van der Waals surface area contributed by atoms with Crippen molar-refractivity contribution in [2.24, 2.45) is 0 Å². The Hall–Kier alpha value is -3.92. The summed E-state index contributed by atoms with van der Waals surface area (Å²) in [6.45, 7) is 1.82. The van der Waals surface area contributed by atoms with Crippen LogP contribution in [-0.4, -0.2) is 37.4 Å². The molecule has 9 nitrogen and oxygen atoms in total. The van der Waals surface area contributed by atoms with Crippen LogP contribution in [-0.2, 0) is 4.79 Å². The molecule has 2 amide bonds. The second-order valence-corrected chi connectivity index (χ2v) is 7.57. The van der Waals surface area contributed by atoms with Crippen LogP contribution in [0.2, 0.25) is 0 Å². The van der Waals surface area contributed by atoms with Crippen LogP contribution in [0.4, 0.5) is 5.82 Å². The Morgan fingerprint density at radius 1 is 1.10 bits per heavy atom. The summed E-state index contributed by atoms with van der Waals surface area (Å²) >= 11 is 1.03. The van der Waals surface area contributed by atoms with Crippen molar-refractivity contribution in [1.29, 1.82) is 0 Å². The summed E-state index contributed by atoms with van der Waals surface area (Å²) in [5.41, 5.74) is 3.85. The molecule has 2 aromatic carbocycles. The average Bonchev–Trinajstić information content (AvgIpc) is 3.19. The second-order valence-electron chi connectivity index (χ2n) is 6.63. The van der Waals surface area contributed by atoms with Crippen LogP contribution in [0.5, 0.6) is 0 Å². The molecule has 0 aliphatic heterocycles. The Morgan fingerprint density at radius 2 is 1.84 bits per heavy atom. The quantitative estimate of drug-likeness (QED) is 0.317. The predicted octanol–water partition coefficient (Wildman–Crippen LogP) is 2.54. The normalized spacial score (nSPS) is 10.7. The van der Waals surface area contributed by atoms with Gasteiger partial charge in [0, 0.05) is 17.3 Å². The zero-order chi connectivity index (χ0) is 21.8. The molecule has 0 spiro atoms. The van der Waals surface area contributed by atoms with Crippen LogP contribution in [0.3, 0.4) is 0 Å². The van der Waals surface area contributed by atoms with Gasteiger partial charge in [-0.05, 0) is 31.2 Å². The van der Waals surface area contributed by atoms with E-state index in [2.05, 4.69) is 25.9 Å². The molecule has 0 fully saturated rings. The Morgan fingerprint density at radius 3 is 2.58 bits per heavy atom. The molecular formula is C21H18N6O3S. The van der Waals surface area contributed by atoms with E-state index in [4.69, 9.17) is 0 Å². The molecule has 3 N–H and O–H groups in total. The first-order chi connectivity index (χ1) is 15.0. The fourth-order valence-corrected chi connectivity index (χ4v) is 3.61. The fraction of sp³-hybridized carbons (Fsp3) is 0.0952. The van der Waals surface area contributed by atoms with Gasteiger partial charge in [0.05, 0.1) is 16.7 Å². The van der Waals surface area contributed by atoms with E-state index < -0.39 is 11.5 Å². The molecule has 0 aliphatic carbocycles. The molecule has 0 saturated heterocycles. The third-order valence-electron chi connectivity index (χ3n) is 4.30. The van der Waals surface area contributed by atoms with Gasteiger partial charge in [0.2, 0.25) is 5.91 Å². The van der Waals surface area contributed by atoms with Gasteiger partial charge in [0.15, 0.2) is 11.0 Å². The molecular weight excluding hydrogens is 416 g/mol. The van der Waals surface area contributed by atoms with Gasteiger partial charge in [-0.3, -0.25) is 24.9 Å². The van der Waals surface area contributed by atoms with Crippen LogP contribution in [0.1, 0.15) is 16.1 Å². The fourth-order valence-electron chi connectivity index (χ4n) is 2.85. The van der Waals surface area contributed by atoms with Crippen LogP contribution < -0.4 is 16.3 Å². The van der Waals surface area contributed by atoms with Gasteiger partial charge in [-0.15, -0.1) is 0 Å². The van der Waals surface area contributed by atoms with Crippen molar-refractivity contribution in [3.05, 3.63) is 82.3 Å². The van der Waals surface area contributed by atoms with Crippen molar-refractivity contribution >= 4 is 40.3 Å². The standard InChI is InChI=1S/C21H18N6O3S/c1-13-11-17(25-24-13)23-18(28)12-31-21-22-16-10-6-5-9-15(16)20(30)27(21)26-19(29)14-7-3-2-4-8-14/h2-11H,12H2,1H3,(H,26,29)(H2,23,24,25,28). The Bertz CT molecular complexity index is 1320. The number of aromatic amines is 1. The van der Waals surface area contributed by atoms with Crippen LogP contribution in [0.15, 0.2) is 70.6 Å². The molecule has 0 unspecified atom stereocenters. The van der Waals surface area contributed by atoms with E-state index >= 15 is 0 Å². The summed E-state index contributed by atoms with van der Waals surface area (Å²) in [5, 5.41) is 9.93. The van der Waals surface area contributed by atoms with E-state index in [0.29, 0.717) is 22.3 Å². The predicted molar refractivity (Wildman–Crippen MR) is 119 cm³/mol. The Kier molecular flexibility index (Phi) is 5.80. The number of aromatic nitrogens is 4. The highest BCUT2D eigenvalue weighted by Crippen LogP contribution is 2.18. The summed E-state index contributed by atoms with van der Waals surface area (Å²) in [4.78, 5) is 42.5. The molecule has 0 radical (unpaired) electrons. The van der Waals surface area contributed by atoms with Crippen molar-refractivity contribution in [3.8, 4) is 0 Å². The number of fused-ring (bicyclic) bond motifs is 1. The molecule has 0 atom stereocenters. The number of amides is 2. The number of nitrogens with one attached hydrogen (secondary N) is 3. The van der Waals surface area contributed by atoms with E-state index in [0.717, 1.165) is 22.1 Å². The molecule has 31 heavy (non-hydrogen) atoms. The molecule has 2 aromatic heterocycles. The first kappa shape index (κ1) is 20.4. The zero-order valence-electron chi connectivity index (χ0n) is 16.5. The summed E-state index contributed by atoms with van der Waals surface area (Å²) in [5.74, 6) is -0.403. The molecule has 0 bridgehead atoms. The maximum atomic E-state index is 13.0. The van der Waals surface area contributed by atoms with Gasteiger partial charge in [-0.25, -0.2) is 4.98 Å². The van der Waals surface area contributed by atoms with Crippen molar-refractivity contribution in [3.63, 3.8) is 0 Å². The van der Waals surface area contributed by atoms with E-state index in [9.17, 15) is 14.4 Å². The average molecular weight is 434 g/mol. The van der Waals surface area contributed by atoms with Gasteiger partial charge in [0.1, 0.15) is 0 Å². The third kappa shape index (κ3) is 4.64. The second kappa shape index (κ2) is 8.84. The van der Waals surface area contributed by atoms with Gasteiger partial charge in [-0.1, -0.05) is 42.1 Å². The first-order valence-corrected chi connectivity index (χ1v) is 10.3. The lowest BCUT2D eigenvalue weighted by molar-refractivity contribution is -0.113. The maximum Gasteiger partial charge on any atom is 0.281 e. The van der Waals surface area contributed by atoms with Crippen molar-refractivity contribution in [2.75, 3.05) is 16.5 Å². The summed E-state index contributed by atoms with van der Waals surface area (Å²) in [6.07, 6.45) is 0. The number of hydrogen-bond acceptors (Lipinski definition) is 6. The van der Waals surface area contributed by atoms with E-state index in [1.807, 2.05) is 6.92 Å². The van der Waals surface area contributed by atoms with Crippen molar-refractivity contribution in [2.45, 2.75) is 12.1 Å². The summed E-state index contributed by atoms with van der Waals surface area (Å²) in [6, 6.07) is 17.1. The van der Waals surface area contributed by atoms with Crippen molar-refractivity contribution < 1.29 is 9.59 Å². The van der Waals surface area contributed by atoms with E-state index in [1.54, 1.807) is 60.7 Å². The summed E-state index contributed by atoms with van der Waals surface area (Å²) in [7, 11) is 0. The number of carbonyl (C=O) groups is 2. The number of hydrogen-bond donors (Lipinski definition) is 3. The molecule has 4 rings (SSSR count). The number of aryl methyl sites for hydroxylation is 1. The number of para-hydroxylation sites is 1. The number of carbonyl (C=O) groups excluding carboxylic acids is 2. The number of benzene rings is 2. The lowest BCUT2D eigenvalue weighted by Gasteiger charge is -2.14. The lowest BCUT2D eigenvalue weighted by atomic mass is 10.2. The van der Waals surface area contributed by atoms with E-state index in [-0.39, 0.29) is 16.8 Å². The number of anilines is 1. The zero-order valence-corrected chi connectivity index (χ0v) is 17.3. The van der Waals surface area contributed by atoms with Gasteiger partial charge < -0.3 is 5.32 Å². The van der Waals surface area contributed by atoms with E-state index in [1.165, 1.54) is 0 Å². The molecule has 4 aromatic rings. The molecule has 0 saturated carbocycles. The highest BCUT2D eigenvalue weighted by molar-refractivity contribution is 7.99. The minimum absolute atomic E-state index is 0.0299. The number of H-pyrrole nitrogens is 1.